The van der Waals surface area contributed by atoms with E-state index in [9.17, 15) is 9.59 Å². The summed E-state index contributed by atoms with van der Waals surface area (Å²) in [6, 6.07) is 3.86. The Kier molecular flexibility index (Phi) is 4.93. The molecule has 0 radical (unpaired) electrons. The second-order valence-electron chi connectivity index (χ2n) is 4.49. The van der Waals surface area contributed by atoms with Crippen LogP contribution in [0.3, 0.4) is 0 Å². The van der Waals surface area contributed by atoms with Gasteiger partial charge in [-0.05, 0) is 17.9 Å². The second-order valence-corrected chi connectivity index (χ2v) is 5.47. The monoisotopic (exact) mass is 281 g/mol. The Morgan fingerprint density at radius 1 is 1.47 bits per heavy atom. The first kappa shape index (κ1) is 14.0. The molecule has 2 heterocycles. The predicted octanol–water partition coefficient (Wildman–Crippen LogP) is 0.747. The van der Waals surface area contributed by atoms with Gasteiger partial charge in [0.1, 0.15) is 0 Å². The van der Waals surface area contributed by atoms with Gasteiger partial charge in [0.05, 0.1) is 6.04 Å². The van der Waals surface area contributed by atoms with Gasteiger partial charge in [-0.3, -0.25) is 9.59 Å². The Hall–Kier alpha value is -1.40. The molecule has 0 aromatic carbocycles. The molecule has 1 aromatic heterocycles. The summed E-state index contributed by atoms with van der Waals surface area (Å²) >= 11 is 1.60. The molecule has 19 heavy (non-hydrogen) atoms. The van der Waals surface area contributed by atoms with Crippen molar-refractivity contribution in [3.63, 3.8) is 0 Å². The number of hydrogen-bond acceptors (Lipinski definition) is 4. The van der Waals surface area contributed by atoms with Crippen molar-refractivity contribution in [3.8, 4) is 0 Å². The molecule has 1 saturated heterocycles. The van der Waals surface area contributed by atoms with E-state index in [1.807, 2.05) is 24.4 Å². The summed E-state index contributed by atoms with van der Waals surface area (Å²) in [6.07, 6.45) is 0.779. The summed E-state index contributed by atoms with van der Waals surface area (Å²) < 4.78 is 0. The highest BCUT2D eigenvalue weighted by Crippen LogP contribution is 2.21. The van der Waals surface area contributed by atoms with Crippen LogP contribution in [0.5, 0.6) is 0 Å². The summed E-state index contributed by atoms with van der Waals surface area (Å²) in [5.74, 6) is -0.918. The van der Waals surface area contributed by atoms with Gasteiger partial charge in [0.2, 0.25) is 0 Å². The van der Waals surface area contributed by atoms with Crippen LogP contribution in [-0.4, -0.2) is 42.9 Å². The smallest absolute Gasteiger partial charge is 0.311 e. The molecule has 1 fully saturated rings. The fourth-order valence-electron chi connectivity index (χ4n) is 2.10. The lowest BCUT2D eigenvalue weighted by Crippen LogP contribution is -2.51. The van der Waals surface area contributed by atoms with E-state index in [2.05, 4.69) is 10.6 Å². The zero-order valence-corrected chi connectivity index (χ0v) is 11.8. The third kappa shape index (κ3) is 3.54. The number of rotatable bonds is 3. The third-order valence-corrected chi connectivity index (χ3v) is 4.18. The Morgan fingerprint density at radius 2 is 2.21 bits per heavy atom. The van der Waals surface area contributed by atoms with Crippen molar-refractivity contribution >= 4 is 23.2 Å². The van der Waals surface area contributed by atoms with Crippen molar-refractivity contribution in [1.29, 1.82) is 0 Å². The Balaban J connectivity index is 1.93. The van der Waals surface area contributed by atoms with Crippen LogP contribution in [0.15, 0.2) is 17.5 Å². The molecule has 2 amide bonds. The third-order valence-electron chi connectivity index (χ3n) is 3.20. The highest BCUT2D eigenvalue weighted by Gasteiger charge is 2.25. The lowest BCUT2D eigenvalue weighted by Gasteiger charge is -2.27. The highest BCUT2D eigenvalue weighted by atomic mass is 32.1. The van der Waals surface area contributed by atoms with E-state index in [4.69, 9.17) is 0 Å². The number of nitrogens with one attached hydrogen (secondary N) is 2. The van der Waals surface area contributed by atoms with Crippen LogP contribution in [0.2, 0.25) is 0 Å². The number of amides is 2. The van der Waals surface area contributed by atoms with Crippen molar-refractivity contribution in [2.75, 3.05) is 26.2 Å². The zero-order valence-electron chi connectivity index (χ0n) is 11.0. The van der Waals surface area contributed by atoms with E-state index < -0.39 is 11.8 Å². The maximum atomic E-state index is 12.0. The second kappa shape index (κ2) is 6.68. The quantitative estimate of drug-likeness (QED) is 0.804. The Labute approximate surface area is 117 Å². The van der Waals surface area contributed by atoms with E-state index >= 15 is 0 Å². The number of hydrogen-bond donors (Lipinski definition) is 2. The molecule has 1 aromatic rings. The van der Waals surface area contributed by atoms with Gasteiger partial charge in [-0.1, -0.05) is 13.0 Å². The van der Waals surface area contributed by atoms with Crippen LogP contribution in [0.4, 0.5) is 0 Å². The Bertz CT molecular complexity index is 427. The van der Waals surface area contributed by atoms with E-state index in [1.54, 1.807) is 16.2 Å². The van der Waals surface area contributed by atoms with Crippen LogP contribution < -0.4 is 10.6 Å². The fraction of sp³-hybridized carbons (Fsp3) is 0.538. The molecule has 0 saturated carbocycles. The van der Waals surface area contributed by atoms with Crippen LogP contribution in [-0.2, 0) is 9.59 Å². The van der Waals surface area contributed by atoms with Crippen molar-refractivity contribution < 1.29 is 9.59 Å². The lowest BCUT2D eigenvalue weighted by molar-refractivity contribution is -0.146. The average molecular weight is 281 g/mol. The normalized spacial score (nSPS) is 17.0. The van der Waals surface area contributed by atoms with Gasteiger partial charge < -0.3 is 15.5 Å². The lowest BCUT2D eigenvalue weighted by atomic mass is 10.2. The standard InChI is InChI=1S/C13H19N3O2S/c1-2-10(11-4-3-9-19-11)15-12(17)13(18)16-7-5-14-6-8-16/h3-4,9-10,14H,2,5-8H2,1H3,(H,15,17). The first-order valence-corrected chi connectivity index (χ1v) is 7.44. The van der Waals surface area contributed by atoms with Crippen LogP contribution in [0.1, 0.15) is 24.3 Å². The predicted molar refractivity (Wildman–Crippen MR) is 74.9 cm³/mol. The van der Waals surface area contributed by atoms with Crippen LogP contribution >= 0.6 is 11.3 Å². The van der Waals surface area contributed by atoms with E-state index in [1.165, 1.54) is 0 Å². The molecule has 0 aliphatic carbocycles. The number of nitrogens with zero attached hydrogens (tertiary/aromatic N) is 1. The highest BCUT2D eigenvalue weighted by molar-refractivity contribution is 7.10. The number of thiophene rings is 1. The van der Waals surface area contributed by atoms with Gasteiger partial charge in [-0.25, -0.2) is 0 Å². The van der Waals surface area contributed by atoms with Crippen molar-refractivity contribution in [2.24, 2.45) is 0 Å². The van der Waals surface area contributed by atoms with E-state index in [0.717, 1.165) is 24.4 Å². The fourth-order valence-corrected chi connectivity index (χ4v) is 2.96. The summed E-state index contributed by atoms with van der Waals surface area (Å²) in [5.41, 5.74) is 0. The molecule has 1 unspecified atom stereocenters. The van der Waals surface area contributed by atoms with Crippen molar-refractivity contribution in [2.45, 2.75) is 19.4 Å². The molecule has 0 spiro atoms. The van der Waals surface area contributed by atoms with Crippen molar-refractivity contribution in [3.05, 3.63) is 22.4 Å². The molecule has 2 rings (SSSR count). The van der Waals surface area contributed by atoms with Gasteiger partial charge in [-0.2, -0.15) is 0 Å². The van der Waals surface area contributed by atoms with Crippen LogP contribution in [0, 0.1) is 0 Å². The Morgan fingerprint density at radius 3 is 2.79 bits per heavy atom. The topological polar surface area (TPSA) is 61.4 Å². The van der Waals surface area contributed by atoms with Gasteiger partial charge in [0.25, 0.3) is 0 Å². The summed E-state index contributed by atoms with van der Waals surface area (Å²) in [5, 5.41) is 7.96. The zero-order chi connectivity index (χ0) is 13.7. The van der Waals surface area contributed by atoms with E-state index in [-0.39, 0.29) is 6.04 Å². The molecule has 2 N–H and O–H groups in total. The molecule has 1 atom stereocenters. The summed E-state index contributed by atoms with van der Waals surface area (Å²) in [4.78, 5) is 26.7. The minimum atomic E-state index is -0.498. The van der Waals surface area contributed by atoms with Gasteiger partial charge in [-0.15, -0.1) is 11.3 Å². The summed E-state index contributed by atoms with van der Waals surface area (Å²) in [7, 11) is 0. The first-order valence-electron chi connectivity index (χ1n) is 6.56. The molecule has 6 heteroatoms. The maximum absolute atomic E-state index is 12.0. The molecule has 104 valence electrons. The average Bonchev–Trinajstić information content (AvgIpc) is 2.98. The maximum Gasteiger partial charge on any atom is 0.311 e. The van der Waals surface area contributed by atoms with Gasteiger partial charge >= 0.3 is 11.8 Å². The SMILES string of the molecule is CCC(NC(=O)C(=O)N1CCNCC1)c1cccs1. The molecule has 0 bridgehead atoms. The number of carbonyl (C=O) groups excluding carboxylic acids is 2. The largest absolute Gasteiger partial charge is 0.340 e. The molecule has 1 aliphatic rings. The molecular weight excluding hydrogens is 262 g/mol. The van der Waals surface area contributed by atoms with Gasteiger partial charge in [0.15, 0.2) is 0 Å². The van der Waals surface area contributed by atoms with E-state index in [0.29, 0.717) is 13.1 Å². The number of piperazine rings is 1. The van der Waals surface area contributed by atoms with Gasteiger partial charge in [0, 0.05) is 31.1 Å². The van der Waals surface area contributed by atoms with Crippen molar-refractivity contribution in [1.82, 2.24) is 15.5 Å². The minimum Gasteiger partial charge on any atom is -0.340 e. The minimum absolute atomic E-state index is 0.0700. The first-order chi connectivity index (χ1) is 9.22. The number of carbonyl (C=O) groups is 2. The molecule has 1 aliphatic heterocycles. The molecular formula is C13H19N3O2S. The summed E-state index contributed by atoms with van der Waals surface area (Å²) in [6.45, 7) is 4.70. The molecule has 5 nitrogen and oxygen atoms in total. The van der Waals surface area contributed by atoms with Crippen LogP contribution in [0.25, 0.3) is 0 Å².